The first-order valence-electron chi connectivity index (χ1n) is 17.5. The van der Waals surface area contributed by atoms with Crippen molar-refractivity contribution >= 4 is 22.6 Å². The predicted octanol–water partition coefficient (Wildman–Crippen LogP) is 7.64. The maximum Gasteiger partial charge on any atom is 0.165 e. The first-order chi connectivity index (χ1) is 24.3. The largest absolute Gasteiger partial charge is 0.504 e. The van der Waals surface area contributed by atoms with Crippen LogP contribution in [-0.4, -0.2) is 80.7 Å². The van der Waals surface area contributed by atoms with Crippen molar-refractivity contribution in [2.75, 3.05) is 50.5 Å². The Labute approximate surface area is 306 Å². The molecule has 4 aliphatic rings. The number of halogens is 2. The number of rotatable bonds is 8. The Kier molecular flexibility index (Phi) is 10.0. The van der Waals surface area contributed by atoms with E-state index in [9.17, 15) is 24.8 Å². The summed E-state index contributed by atoms with van der Waals surface area (Å²) in [5, 5.41) is 41.0. The van der Waals surface area contributed by atoms with E-state index in [1.165, 1.54) is 22.3 Å². The fourth-order valence-electron chi connectivity index (χ4n) is 8.49. The Morgan fingerprint density at radius 2 is 1.14 bits per heavy atom. The van der Waals surface area contributed by atoms with Crippen LogP contribution in [0, 0.1) is 0 Å². The molecule has 2 aliphatic heterocycles. The van der Waals surface area contributed by atoms with E-state index in [0.29, 0.717) is 24.0 Å². The summed E-state index contributed by atoms with van der Waals surface area (Å²) in [6, 6.07) is 15.6. The third-order valence-corrected chi connectivity index (χ3v) is 11.2. The maximum atomic E-state index is 12.5. The molecule has 0 saturated carbocycles. The van der Waals surface area contributed by atoms with Crippen LogP contribution in [0.2, 0.25) is 0 Å². The minimum Gasteiger partial charge on any atom is -0.504 e. The molecule has 0 bridgehead atoms. The fraction of sp³-hybridized carbons (Fsp3) is 0.400. The van der Waals surface area contributed by atoms with Crippen LogP contribution in [0.5, 0.6) is 34.5 Å². The van der Waals surface area contributed by atoms with Crippen LogP contribution in [0.4, 0.5) is 4.39 Å². The van der Waals surface area contributed by atoms with Gasteiger partial charge in [0.25, 0.3) is 0 Å². The Balaban J connectivity index is 0.000000157. The molecule has 0 unspecified atom stereocenters. The van der Waals surface area contributed by atoms with Crippen LogP contribution in [0.1, 0.15) is 59.3 Å². The normalized spacial score (nSPS) is 18.6. The van der Waals surface area contributed by atoms with Crippen molar-refractivity contribution in [1.82, 2.24) is 9.80 Å². The Hall–Kier alpha value is -3.74. The molecule has 0 radical (unpaired) electrons. The SMILES string of the molecule is CCN1CCc2cc(OCCF)cc3c2[C@H]1Cc1ccc(O)c(O)c1-3.CCN1CCc2cc(OCCI)cc3c2[C@H]1Cc1ccc(O)c(O)c1-3. The highest BCUT2D eigenvalue weighted by Gasteiger charge is 2.37. The number of ether oxygens (including phenoxy) is 2. The van der Waals surface area contributed by atoms with Crippen molar-refractivity contribution in [3.63, 3.8) is 0 Å². The lowest BCUT2D eigenvalue weighted by atomic mass is 9.76. The minimum atomic E-state index is -0.540. The minimum absolute atomic E-state index is 0.0155. The Morgan fingerprint density at radius 1 is 0.680 bits per heavy atom. The molecule has 0 saturated heterocycles. The van der Waals surface area contributed by atoms with Gasteiger partial charge in [-0.2, -0.15) is 0 Å². The van der Waals surface area contributed by atoms with Crippen molar-refractivity contribution in [2.24, 2.45) is 0 Å². The molecule has 8 nitrogen and oxygen atoms in total. The number of phenols is 4. The van der Waals surface area contributed by atoms with Crippen molar-refractivity contribution in [3.8, 4) is 56.8 Å². The highest BCUT2D eigenvalue weighted by Crippen LogP contribution is 2.53. The zero-order valence-corrected chi connectivity index (χ0v) is 30.7. The third-order valence-electron chi connectivity index (χ3n) is 10.7. The first-order valence-corrected chi connectivity index (χ1v) is 19.1. The second-order valence-electron chi connectivity index (χ2n) is 13.3. The summed E-state index contributed by atoms with van der Waals surface area (Å²) in [4.78, 5) is 4.95. The van der Waals surface area contributed by atoms with Crippen molar-refractivity contribution in [2.45, 2.75) is 51.6 Å². The molecule has 0 amide bonds. The highest BCUT2D eigenvalue weighted by atomic mass is 127. The van der Waals surface area contributed by atoms with Crippen LogP contribution in [0.3, 0.4) is 0 Å². The molecular formula is C40H44FIN2O6. The third kappa shape index (κ3) is 6.13. The molecule has 4 aromatic carbocycles. The molecule has 4 N–H and O–H groups in total. The van der Waals surface area contributed by atoms with Gasteiger partial charge in [0.2, 0.25) is 0 Å². The number of likely N-dealkylation sites (N-methyl/N-ethyl adjacent to an activating group) is 2. The molecular weight excluding hydrogens is 750 g/mol. The molecule has 4 aromatic rings. The second-order valence-corrected chi connectivity index (χ2v) is 14.4. The number of benzene rings is 4. The molecule has 50 heavy (non-hydrogen) atoms. The number of nitrogens with zero attached hydrogens (tertiary/aromatic N) is 2. The summed E-state index contributed by atoms with van der Waals surface area (Å²) in [7, 11) is 0. The van der Waals surface area contributed by atoms with E-state index in [2.05, 4.69) is 52.3 Å². The van der Waals surface area contributed by atoms with Gasteiger partial charge in [0.15, 0.2) is 23.0 Å². The van der Waals surface area contributed by atoms with Gasteiger partial charge in [-0.3, -0.25) is 9.80 Å². The van der Waals surface area contributed by atoms with Crippen molar-refractivity contribution in [3.05, 3.63) is 81.9 Å². The summed E-state index contributed by atoms with van der Waals surface area (Å²) in [5.74, 6) is 1.18. The monoisotopic (exact) mass is 794 g/mol. The van der Waals surface area contributed by atoms with E-state index in [4.69, 9.17) is 9.47 Å². The Bertz CT molecular complexity index is 1780. The van der Waals surface area contributed by atoms with Gasteiger partial charge >= 0.3 is 0 Å². The zero-order chi connectivity index (χ0) is 35.1. The quantitative estimate of drug-likeness (QED) is 0.0820. The van der Waals surface area contributed by atoms with Gasteiger partial charge in [-0.15, -0.1) is 0 Å². The summed E-state index contributed by atoms with van der Waals surface area (Å²) in [5.41, 5.74) is 10.5. The van der Waals surface area contributed by atoms with Gasteiger partial charge in [0, 0.05) is 40.7 Å². The molecule has 2 aliphatic carbocycles. The topological polar surface area (TPSA) is 106 Å². The summed E-state index contributed by atoms with van der Waals surface area (Å²) in [6.45, 7) is 8.49. The zero-order valence-electron chi connectivity index (χ0n) is 28.5. The van der Waals surface area contributed by atoms with Gasteiger partial charge in [-0.05, 0) is 120 Å². The van der Waals surface area contributed by atoms with E-state index in [-0.39, 0.29) is 35.6 Å². The van der Waals surface area contributed by atoms with Gasteiger partial charge in [-0.25, -0.2) is 4.39 Å². The van der Waals surface area contributed by atoms with Gasteiger partial charge in [0.1, 0.15) is 24.8 Å². The molecule has 8 rings (SSSR count). The Morgan fingerprint density at radius 3 is 1.56 bits per heavy atom. The smallest absolute Gasteiger partial charge is 0.165 e. The highest BCUT2D eigenvalue weighted by molar-refractivity contribution is 14.1. The second kappa shape index (κ2) is 14.5. The van der Waals surface area contributed by atoms with Crippen LogP contribution in [0.15, 0.2) is 48.5 Å². The number of phenolic OH excluding ortho intramolecular Hbond substituents is 4. The average molecular weight is 795 g/mol. The van der Waals surface area contributed by atoms with E-state index in [1.807, 2.05) is 30.3 Å². The van der Waals surface area contributed by atoms with E-state index >= 15 is 0 Å². The predicted molar refractivity (Wildman–Crippen MR) is 201 cm³/mol. The number of fused-ring (bicyclic) bond motifs is 4. The van der Waals surface area contributed by atoms with Crippen molar-refractivity contribution < 1.29 is 34.3 Å². The lowest BCUT2D eigenvalue weighted by Gasteiger charge is -2.41. The van der Waals surface area contributed by atoms with Crippen LogP contribution in [-0.2, 0) is 25.7 Å². The van der Waals surface area contributed by atoms with Crippen LogP contribution in [0.25, 0.3) is 22.3 Å². The van der Waals surface area contributed by atoms with Gasteiger partial charge < -0.3 is 29.9 Å². The van der Waals surface area contributed by atoms with Crippen LogP contribution >= 0.6 is 22.6 Å². The molecule has 2 heterocycles. The van der Waals surface area contributed by atoms with E-state index < -0.39 is 6.67 Å². The van der Waals surface area contributed by atoms with E-state index in [1.54, 1.807) is 12.1 Å². The summed E-state index contributed by atoms with van der Waals surface area (Å²) in [6.07, 6.45) is 3.56. The maximum absolute atomic E-state index is 12.5. The molecule has 264 valence electrons. The standard InChI is InChI=1S/C20H22FNO3.C20H22INO3/c2*1-2-22-7-5-13-9-14(25-8-6-21)11-15-18(13)16(22)10-12-3-4-17(23)20(24)19(12)15/h2*3-4,9,11,16,23-24H,2,5-8,10H2,1H3/t2*16-/m11/s1. The molecule has 0 aromatic heterocycles. The van der Waals surface area contributed by atoms with Crippen LogP contribution < -0.4 is 9.47 Å². The molecule has 0 spiro atoms. The number of hydrogen-bond acceptors (Lipinski definition) is 8. The number of aromatic hydroxyl groups is 4. The van der Waals surface area contributed by atoms with Gasteiger partial charge in [0.05, 0.1) is 6.61 Å². The lowest BCUT2D eigenvalue weighted by Crippen LogP contribution is -2.38. The lowest BCUT2D eigenvalue weighted by molar-refractivity contribution is 0.192. The summed E-state index contributed by atoms with van der Waals surface area (Å²) < 4.78 is 24.9. The average Bonchev–Trinajstić information content (AvgIpc) is 3.13. The number of hydrogen-bond donors (Lipinski definition) is 4. The first kappa shape index (κ1) is 34.7. The number of alkyl halides is 2. The molecule has 0 fully saturated rings. The van der Waals surface area contributed by atoms with E-state index in [0.717, 1.165) is 89.9 Å². The molecule has 2 atom stereocenters. The molecule has 10 heteroatoms. The summed E-state index contributed by atoms with van der Waals surface area (Å²) >= 11 is 2.30. The van der Waals surface area contributed by atoms with Crippen molar-refractivity contribution in [1.29, 1.82) is 0 Å². The fourth-order valence-corrected chi connectivity index (χ4v) is 8.71. The van der Waals surface area contributed by atoms with Gasteiger partial charge in [-0.1, -0.05) is 48.6 Å².